The van der Waals surface area contributed by atoms with Crippen molar-refractivity contribution in [2.75, 3.05) is 12.4 Å². The van der Waals surface area contributed by atoms with Crippen LogP contribution in [0.4, 0.5) is 5.00 Å². The number of ether oxygens (including phenoxy) is 1. The highest BCUT2D eigenvalue weighted by Gasteiger charge is 2.24. The second-order valence-corrected chi connectivity index (χ2v) is 5.96. The minimum atomic E-state index is -0.604. The number of hydrogen-bond acceptors (Lipinski definition) is 5. The summed E-state index contributed by atoms with van der Waals surface area (Å²) in [6.07, 6.45) is 0. The Bertz CT molecular complexity index is 494. The van der Waals surface area contributed by atoms with Crippen molar-refractivity contribution in [2.45, 2.75) is 33.7 Å². The average Bonchev–Trinajstić information content (AvgIpc) is 2.62. The van der Waals surface area contributed by atoms with Gasteiger partial charge in [0.05, 0.1) is 18.7 Å². The van der Waals surface area contributed by atoms with Gasteiger partial charge in [-0.15, -0.1) is 11.3 Å². The van der Waals surface area contributed by atoms with Crippen LogP contribution in [0, 0.1) is 19.8 Å². The van der Waals surface area contributed by atoms with Crippen LogP contribution in [0.1, 0.15) is 34.6 Å². The van der Waals surface area contributed by atoms with Crippen molar-refractivity contribution in [3.8, 4) is 0 Å². The minimum absolute atomic E-state index is 0.0312. The van der Waals surface area contributed by atoms with Crippen LogP contribution < -0.4 is 11.1 Å². The number of amides is 1. The second-order valence-electron chi connectivity index (χ2n) is 4.74. The topological polar surface area (TPSA) is 81.4 Å². The summed E-state index contributed by atoms with van der Waals surface area (Å²) in [6, 6.07) is -0.604. The zero-order valence-corrected chi connectivity index (χ0v) is 12.7. The lowest BCUT2D eigenvalue weighted by Crippen LogP contribution is -2.39. The van der Waals surface area contributed by atoms with Gasteiger partial charge in [0.25, 0.3) is 0 Å². The molecule has 1 amide bonds. The van der Waals surface area contributed by atoms with Crippen molar-refractivity contribution in [1.29, 1.82) is 0 Å². The van der Waals surface area contributed by atoms with Crippen LogP contribution in [0.2, 0.25) is 0 Å². The number of hydrogen-bond donors (Lipinski definition) is 2. The first-order chi connectivity index (χ1) is 8.79. The fraction of sp³-hybridized carbons (Fsp3) is 0.538. The number of anilines is 1. The quantitative estimate of drug-likeness (QED) is 0.829. The average molecular weight is 284 g/mol. The van der Waals surface area contributed by atoms with Crippen LogP contribution in [0.5, 0.6) is 0 Å². The number of carbonyl (C=O) groups is 2. The van der Waals surface area contributed by atoms with Gasteiger partial charge in [0, 0.05) is 4.88 Å². The highest BCUT2D eigenvalue weighted by Crippen LogP contribution is 2.33. The molecule has 0 aliphatic heterocycles. The van der Waals surface area contributed by atoms with E-state index < -0.39 is 12.0 Å². The molecule has 0 unspecified atom stereocenters. The van der Waals surface area contributed by atoms with E-state index in [1.165, 1.54) is 18.4 Å². The van der Waals surface area contributed by atoms with Gasteiger partial charge in [-0.05, 0) is 25.3 Å². The molecule has 0 saturated heterocycles. The molecular weight excluding hydrogens is 264 g/mol. The summed E-state index contributed by atoms with van der Waals surface area (Å²) in [5.74, 6) is -0.708. The standard InChI is InChI=1S/C13H20N2O3S/c1-6(2)10(14)11(16)15-12-9(13(17)18-5)7(3)8(4)19-12/h6,10H,14H2,1-5H3,(H,15,16)/t10-/m0/s1. The number of thiophene rings is 1. The SMILES string of the molecule is COC(=O)c1c(NC(=O)[C@@H](N)C(C)C)sc(C)c1C. The molecular formula is C13H20N2O3S. The summed E-state index contributed by atoms with van der Waals surface area (Å²) >= 11 is 1.35. The van der Waals surface area contributed by atoms with Gasteiger partial charge in [-0.2, -0.15) is 0 Å². The summed E-state index contributed by atoms with van der Waals surface area (Å²) in [6.45, 7) is 7.47. The molecule has 1 heterocycles. The lowest BCUT2D eigenvalue weighted by Gasteiger charge is -2.15. The van der Waals surface area contributed by atoms with Crippen LogP contribution in [0.25, 0.3) is 0 Å². The van der Waals surface area contributed by atoms with Gasteiger partial charge in [0.1, 0.15) is 5.00 Å². The van der Waals surface area contributed by atoms with Gasteiger partial charge in [0.15, 0.2) is 0 Å². The molecule has 0 spiro atoms. The smallest absolute Gasteiger partial charge is 0.341 e. The Morgan fingerprint density at radius 2 is 1.89 bits per heavy atom. The van der Waals surface area contributed by atoms with Crippen molar-refractivity contribution in [3.05, 3.63) is 16.0 Å². The number of carbonyl (C=O) groups excluding carboxylic acids is 2. The molecule has 0 bridgehead atoms. The Morgan fingerprint density at radius 1 is 1.32 bits per heavy atom. The number of nitrogens with two attached hydrogens (primary N) is 1. The summed E-state index contributed by atoms with van der Waals surface area (Å²) in [5.41, 5.74) is 7.02. The lowest BCUT2D eigenvalue weighted by atomic mass is 10.0. The molecule has 1 aromatic rings. The van der Waals surface area contributed by atoms with Crippen molar-refractivity contribution < 1.29 is 14.3 Å². The van der Waals surface area contributed by atoms with E-state index in [2.05, 4.69) is 5.32 Å². The van der Waals surface area contributed by atoms with E-state index in [9.17, 15) is 9.59 Å². The molecule has 1 rings (SSSR count). The van der Waals surface area contributed by atoms with E-state index in [1.807, 2.05) is 27.7 Å². The summed E-state index contributed by atoms with van der Waals surface area (Å²) < 4.78 is 4.75. The maximum Gasteiger partial charge on any atom is 0.341 e. The number of aryl methyl sites for hydroxylation is 1. The fourth-order valence-corrected chi connectivity index (χ4v) is 2.61. The zero-order chi connectivity index (χ0) is 14.7. The first-order valence-electron chi connectivity index (χ1n) is 6.04. The van der Waals surface area contributed by atoms with Gasteiger partial charge < -0.3 is 15.8 Å². The molecule has 3 N–H and O–H groups in total. The van der Waals surface area contributed by atoms with Gasteiger partial charge >= 0.3 is 5.97 Å². The molecule has 1 aromatic heterocycles. The highest BCUT2D eigenvalue weighted by molar-refractivity contribution is 7.16. The summed E-state index contributed by atoms with van der Waals surface area (Å²) in [7, 11) is 1.32. The van der Waals surface area contributed by atoms with E-state index in [0.717, 1.165) is 10.4 Å². The molecule has 0 saturated carbocycles. The molecule has 0 radical (unpaired) electrons. The Morgan fingerprint density at radius 3 is 2.37 bits per heavy atom. The normalized spacial score (nSPS) is 12.4. The van der Waals surface area contributed by atoms with Crippen LogP contribution in [0.15, 0.2) is 0 Å². The molecule has 6 heteroatoms. The lowest BCUT2D eigenvalue weighted by molar-refractivity contribution is -0.118. The van der Waals surface area contributed by atoms with Crippen molar-refractivity contribution in [2.24, 2.45) is 11.7 Å². The molecule has 0 aromatic carbocycles. The monoisotopic (exact) mass is 284 g/mol. The third kappa shape index (κ3) is 3.33. The molecule has 0 fully saturated rings. The number of methoxy groups -OCH3 is 1. The van der Waals surface area contributed by atoms with Crippen molar-refractivity contribution in [1.82, 2.24) is 0 Å². The van der Waals surface area contributed by atoms with E-state index >= 15 is 0 Å². The minimum Gasteiger partial charge on any atom is -0.465 e. The van der Waals surface area contributed by atoms with Crippen molar-refractivity contribution >= 4 is 28.2 Å². The van der Waals surface area contributed by atoms with Crippen LogP contribution in [-0.4, -0.2) is 25.0 Å². The molecule has 5 nitrogen and oxygen atoms in total. The number of nitrogens with one attached hydrogen (secondary N) is 1. The second kappa shape index (κ2) is 6.16. The van der Waals surface area contributed by atoms with E-state index in [4.69, 9.17) is 10.5 Å². The Balaban J connectivity index is 3.05. The zero-order valence-electron chi connectivity index (χ0n) is 11.9. The molecule has 106 valence electrons. The van der Waals surface area contributed by atoms with Crippen LogP contribution >= 0.6 is 11.3 Å². The van der Waals surface area contributed by atoms with E-state index in [0.29, 0.717) is 10.6 Å². The van der Waals surface area contributed by atoms with Gasteiger partial charge in [-0.3, -0.25) is 4.79 Å². The number of esters is 1. The first kappa shape index (κ1) is 15.7. The van der Waals surface area contributed by atoms with Crippen molar-refractivity contribution in [3.63, 3.8) is 0 Å². The van der Waals surface area contributed by atoms with Gasteiger partial charge in [0.2, 0.25) is 5.91 Å². The predicted molar refractivity (Wildman–Crippen MR) is 76.6 cm³/mol. The largest absolute Gasteiger partial charge is 0.465 e. The maximum atomic E-state index is 12.0. The summed E-state index contributed by atoms with van der Waals surface area (Å²) in [5, 5.41) is 3.23. The van der Waals surface area contributed by atoms with E-state index in [-0.39, 0.29) is 11.8 Å². The molecule has 0 aliphatic carbocycles. The molecule has 1 atom stereocenters. The third-order valence-corrected chi connectivity index (χ3v) is 4.16. The first-order valence-corrected chi connectivity index (χ1v) is 6.86. The molecule has 19 heavy (non-hydrogen) atoms. The fourth-order valence-electron chi connectivity index (χ4n) is 1.56. The van der Waals surface area contributed by atoms with Crippen LogP contribution in [0.3, 0.4) is 0 Å². The Kier molecular flexibility index (Phi) is 5.08. The number of rotatable bonds is 4. The van der Waals surface area contributed by atoms with Crippen LogP contribution in [-0.2, 0) is 9.53 Å². The molecule has 0 aliphatic rings. The Hall–Kier alpha value is -1.40. The van der Waals surface area contributed by atoms with Gasteiger partial charge in [-0.1, -0.05) is 13.8 Å². The van der Waals surface area contributed by atoms with Gasteiger partial charge in [-0.25, -0.2) is 4.79 Å². The predicted octanol–water partition coefficient (Wildman–Crippen LogP) is 2.07. The maximum absolute atomic E-state index is 12.0. The highest BCUT2D eigenvalue weighted by atomic mass is 32.1. The summed E-state index contributed by atoms with van der Waals surface area (Å²) in [4.78, 5) is 24.7. The Labute approximate surface area is 117 Å². The van der Waals surface area contributed by atoms with E-state index in [1.54, 1.807) is 0 Å². The third-order valence-electron chi connectivity index (χ3n) is 3.03.